The number of pyridine rings is 1. The molecule has 0 aliphatic carbocycles. The number of aliphatic hydroxyl groups is 1. The molecule has 0 amide bonds. The Hall–Kier alpha value is -1.22. The molecule has 0 bridgehead atoms. The summed E-state index contributed by atoms with van der Waals surface area (Å²) in [6.07, 6.45) is 1.43. The van der Waals surface area contributed by atoms with Crippen LogP contribution in [-0.4, -0.2) is 62.8 Å². The molecule has 0 unspecified atom stereocenters. The van der Waals surface area contributed by atoms with Gasteiger partial charge in [0.25, 0.3) is 10.0 Å². The monoisotopic (exact) mass is 303 g/mol. The second kappa shape index (κ2) is 8.15. The van der Waals surface area contributed by atoms with Crippen molar-refractivity contribution in [2.45, 2.75) is 11.9 Å². The van der Waals surface area contributed by atoms with Crippen molar-refractivity contribution in [3.05, 3.63) is 18.3 Å². The van der Waals surface area contributed by atoms with Gasteiger partial charge < -0.3 is 15.2 Å². The van der Waals surface area contributed by atoms with Gasteiger partial charge in [-0.05, 0) is 19.1 Å². The molecule has 0 saturated heterocycles. The van der Waals surface area contributed by atoms with E-state index < -0.39 is 10.0 Å². The molecule has 0 fully saturated rings. The molecule has 20 heavy (non-hydrogen) atoms. The predicted molar refractivity (Wildman–Crippen MR) is 76.1 cm³/mol. The average Bonchev–Trinajstić information content (AvgIpc) is 2.44. The van der Waals surface area contributed by atoms with Gasteiger partial charge in [-0.3, -0.25) is 0 Å². The Balaban J connectivity index is 3.11. The third kappa shape index (κ3) is 4.14. The van der Waals surface area contributed by atoms with Crippen molar-refractivity contribution in [1.29, 1.82) is 0 Å². The first-order valence-electron chi connectivity index (χ1n) is 6.36. The van der Waals surface area contributed by atoms with Crippen LogP contribution in [0.5, 0.6) is 0 Å². The van der Waals surface area contributed by atoms with Crippen molar-refractivity contribution in [3.8, 4) is 0 Å². The number of ether oxygens (including phenoxy) is 1. The fourth-order valence-corrected chi connectivity index (χ4v) is 3.19. The standard InChI is InChI=1S/C12H21N3O4S/c1-3-13-11-5-4-6-14-12(11)20(17,18)15(7-9-16)8-10-19-2/h4-6,13,16H,3,7-10H2,1-2H3. The van der Waals surface area contributed by atoms with Crippen LogP contribution in [0.1, 0.15) is 6.92 Å². The Morgan fingerprint density at radius 1 is 1.45 bits per heavy atom. The van der Waals surface area contributed by atoms with E-state index in [1.807, 2.05) is 6.92 Å². The Morgan fingerprint density at radius 3 is 2.80 bits per heavy atom. The smallest absolute Gasteiger partial charge is 0.262 e. The third-order valence-corrected chi connectivity index (χ3v) is 4.48. The topological polar surface area (TPSA) is 91.8 Å². The van der Waals surface area contributed by atoms with E-state index in [4.69, 9.17) is 9.84 Å². The number of rotatable bonds is 9. The summed E-state index contributed by atoms with van der Waals surface area (Å²) in [5.41, 5.74) is 0.454. The summed E-state index contributed by atoms with van der Waals surface area (Å²) in [6, 6.07) is 3.33. The van der Waals surface area contributed by atoms with Gasteiger partial charge in [-0.25, -0.2) is 13.4 Å². The molecule has 1 aromatic heterocycles. The van der Waals surface area contributed by atoms with Crippen LogP contribution >= 0.6 is 0 Å². The highest BCUT2D eigenvalue weighted by Gasteiger charge is 2.27. The van der Waals surface area contributed by atoms with Gasteiger partial charge in [0, 0.05) is 32.9 Å². The summed E-state index contributed by atoms with van der Waals surface area (Å²) in [5, 5.41) is 12.0. The lowest BCUT2D eigenvalue weighted by molar-refractivity contribution is 0.168. The van der Waals surface area contributed by atoms with Crippen molar-refractivity contribution < 1.29 is 18.3 Å². The van der Waals surface area contributed by atoms with Crippen LogP contribution in [0.15, 0.2) is 23.4 Å². The van der Waals surface area contributed by atoms with Crippen molar-refractivity contribution in [2.75, 3.05) is 45.3 Å². The Morgan fingerprint density at radius 2 is 2.20 bits per heavy atom. The number of methoxy groups -OCH3 is 1. The van der Waals surface area contributed by atoms with Gasteiger partial charge in [0.1, 0.15) is 0 Å². The van der Waals surface area contributed by atoms with Crippen LogP contribution in [0.25, 0.3) is 0 Å². The zero-order valence-electron chi connectivity index (χ0n) is 11.7. The van der Waals surface area contributed by atoms with Gasteiger partial charge >= 0.3 is 0 Å². The maximum Gasteiger partial charge on any atom is 0.262 e. The molecule has 7 nitrogen and oxygen atoms in total. The molecule has 0 atom stereocenters. The van der Waals surface area contributed by atoms with Crippen LogP contribution in [-0.2, 0) is 14.8 Å². The zero-order valence-corrected chi connectivity index (χ0v) is 12.6. The molecule has 1 rings (SSSR count). The molecular weight excluding hydrogens is 282 g/mol. The molecule has 0 aromatic carbocycles. The van der Waals surface area contributed by atoms with E-state index >= 15 is 0 Å². The normalized spacial score (nSPS) is 11.8. The SMILES string of the molecule is CCNc1cccnc1S(=O)(=O)N(CCO)CCOC. The Bertz CT molecular complexity index is 507. The van der Waals surface area contributed by atoms with E-state index in [0.717, 1.165) is 0 Å². The minimum atomic E-state index is -3.77. The van der Waals surface area contributed by atoms with E-state index in [2.05, 4.69) is 10.3 Å². The summed E-state index contributed by atoms with van der Waals surface area (Å²) in [4.78, 5) is 3.97. The molecule has 0 radical (unpaired) electrons. The molecule has 114 valence electrons. The van der Waals surface area contributed by atoms with Crippen molar-refractivity contribution in [2.24, 2.45) is 0 Å². The number of hydrogen-bond donors (Lipinski definition) is 2. The van der Waals surface area contributed by atoms with Crippen LogP contribution in [0.3, 0.4) is 0 Å². The van der Waals surface area contributed by atoms with Gasteiger partial charge in [-0.2, -0.15) is 4.31 Å². The maximum absolute atomic E-state index is 12.6. The molecule has 2 N–H and O–H groups in total. The van der Waals surface area contributed by atoms with Crippen molar-refractivity contribution in [3.63, 3.8) is 0 Å². The minimum absolute atomic E-state index is 0.00777. The molecule has 1 heterocycles. The highest BCUT2D eigenvalue weighted by atomic mass is 32.2. The quantitative estimate of drug-likeness (QED) is 0.674. The predicted octanol–water partition coefficient (Wildman–Crippen LogP) is 0.143. The van der Waals surface area contributed by atoms with Crippen molar-refractivity contribution >= 4 is 15.7 Å². The van der Waals surface area contributed by atoms with Gasteiger partial charge in [-0.1, -0.05) is 0 Å². The number of nitrogens with one attached hydrogen (secondary N) is 1. The lowest BCUT2D eigenvalue weighted by Gasteiger charge is -2.21. The lowest BCUT2D eigenvalue weighted by atomic mass is 10.4. The Labute approximate surface area is 119 Å². The van der Waals surface area contributed by atoms with Gasteiger partial charge in [0.15, 0.2) is 5.03 Å². The largest absolute Gasteiger partial charge is 0.395 e. The van der Waals surface area contributed by atoms with E-state index in [1.165, 1.54) is 17.6 Å². The number of anilines is 1. The van der Waals surface area contributed by atoms with Gasteiger partial charge in [0.05, 0.1) is 18.9 Å². The van der Waals surface area contributed by atoms with E-state index in [-0.39, 0.29) is 31.3 Å². The van der Waals surface area contributed by atoms with Crippen LogP contribution < -0.4 is 5.32 Å². The molecule has 1 aromatic rings. The fourth-order valence-electron chi connectivity index (χ4n) is 1.70. The number of aliphatic hydroxyl groups excluding tert-OH is 1. The number of nitrogens with zero attached hydrogens (tertiary/aromatic N) is 2. The first-order chi connectivity index (χ1) is 9.57. The molecular formula is C12H21N3O4S. The van der Waals surface area contributed by atoms with Gasteiger partial charge in [0.2, 0.25) is 0 Å². The van der Waals surface area contributed by atoms with Gasteiger partial charge in [-0.15, -0.1) is 0 Å². The van der Waals surface area contributed by atoms with E-state index in [1.54, 1.807) is 12.1 Å². The Kier molecular flexibility index (Phi) is 6.86. The summed E-state index contributed by atoms with van der Waals surface area (Å²) < 4.78 is 31.2. The first-order valence-corrected chi connectivity index (χ1v) is 7.80. The molecule has 0 spiro atoms. The lowest BCUT2D eigenvalue weighted by Crippen LogP contribution is -2.37. The van der Waals surface area contributed by atoms with Crippen LogP contribution in [0, 0.1) is 0 Å². The zero-order chi connectivity index (χ0) is 15.0. The van der Waals surface area contributed by atoms with E-state index in [0.29, 0.717) is 12.2 Å². The van der Waals surface area contributed by atoms with Crippen LogP contribution in [0.2, 0.25) is 0 Å². The second-order valence-electron chi connectivity index (χ2n) is 4.01. The summed E-state index contributed by atoms with van der Waals surface area (Å²) in [5.74, 6) is 0. The molecule has 0 aliphatic heterocycles. The summed E-state index contributed by atoms with van der Waals surface area (Å²) >= 11 is 0. The summed E-state index contributed by atoms with van der Waals surface area (Å²) in [6.45, 7) is 2.64. The average molecular weight is 303 g/mol. The highest BCUT2D eigenvalue weighted by Crippen LogP contribution is 2.21. The highest BCUT2D eigenvalue weighted by molar-refractivity contribution is 7.89. The molecule has 0 aliphatic rings. The summed E-state index contributed by atoms with van der Waals surface area (Å²) in [7, 11) is -2.27. The first kappa shape index (κ1) is 16.8. The third-order valence-electron chi connectivity index (χ3n) is 2.62. The van der Waals surface area contributed by atoms with Crippen molar-refractivity contribution in [1.82, 2.24) is 9.29 Å². The maximum atomic E-state index is 12.6. The number of hydrogen-bond acceptors (Lipinski definition) is 6. The number of sulfonamides is 1. The molecule has 0 saturated carbocycles. The fraction of sp³-hybridized carbons (Fsp3) is 0.583. The number of aromatic nitrogens is 1. The van der Waals surface area contributed by atoms with E-state index in [9.17, 15) is 8.42 Å². The minimum Gasteiger partial charge on any atom is -0.395 e. The van der Waals surface area contributed by atoms with Crippen LogP contribution in [0.4, 0.5) is 5.69 Å². The second-order valence-corrected chi connectivity index (χ2v) is 5.86. The molecule has 8 heteroatoms.